The highest BCUT2D eigenvalue weighted by molar-refractivity contribution is 6.29. The summed E-state index contributed by atoms with van der Waals surface area (Å²) in [6.45, 7) is 5.66. The van der Waals surface area contributed by atoms with Gasteiger partial charge in [-0.25, -0.2) is 9.69 Å². The van der Waals surface area contributed by atoms with E-state index in [0.29, 0.717) is 11.4 Å². The molecule has 2 N–H and O–H groups in total. The van der Waals surface area contributed by atoms with Crippen molar-refractivity contribution in [3.8, 4) is 0 Å². The quantitative estimate of drug-likeness (QED) is 0.782. The molecule has 0 radical (unpaired) electrons. The number of carbonyl (C=O) groups excluding carboxylic acids is 3. The van der Waals surface area contributed by atoms with Crippen LogP contribution in [0.4, 0.5) is 21.9 Å². The van der Waals surface area contributed by atoms with Gasteiger partial charge in [0.05, 0.1) is 5.69 Å². The second kappa shape index (κ2) is 7.56. The third-order valence-electron chi connectivity index (χ3n) is 4.56. The number of barbiturate groups is 1. The Kier molecular flexibility index (Phi) is 5.17. The predicted octanol–water partition coefficient (Wildman–Crippen LogP) is 2.89. The van der Waals surface area contributed by atoms with Crippen molar-refractivity contribution in [3.05, 3.63) is 66.4 Å². The van der Waals surface area contributed by atoms with Gasteiger partial charge in [0.2, 0.25) is 5.91 Å². The fraction of sp³-hybridized carbons (Fsp3) is 0.190. The first-order valence-corrected chi connectivity index (χ1v) is 8.77. The minimum atomic E-state index is -1.22. The molecule has 1 atom stereocenters. The average Bonchev–Trinajstić information content (AvgIpc) is 2.63. The van der Waals surface area contributed by atoms with E-state index in [1.807, 2.05) is 49.3 Å². The van der Waals surface area contributed by atoms with Crippen LogP contribution in [0.25, 0.3) is 0 Å². The Bertz CT molecular complexity index is 950. The van der Waals surface area contributed by atoms with Gasteiger partial charge in [0.1, 0.15) is 0 Å². The summed E-state index contributed by atoms with van der Waals surface area (Å²) >= 11 is 0. The standard InChI is InChI=1S/C21H22N4O3/c1-13-7-5-6-8-17(13)25-20(27)18(19(26)23-21(25)28)14(2)22-15-9-11-16(12-10-15)24(3)4/h5-12,18,22H,2H2,1,3-4H3,(H,23,26,28)/t18-/m1/s1. The zero-order valence-electron chi connectivity index (χ0n) is 16.0. The number of rotatable bonds is 5. The number of urea groups is 1. The van der Waals surface area contributed by atoms with E-state index in [0.717, 1.165) is 16.2 Å². The fourth-order valence-corrected chi connectivity index (χ4v) is 3.02. The van der Waals surface area contributed by atoms with Crippen molar-refractivity contribution in [1.82, 2.24) is 5.32 Å². The SMILES string of the molecule is C=C(Nc1ccc(N(C)C)cc1)[C@@H]1C(=O)NC(=O)N(c2ccccc2C)C1=O. The van der Waals surface area contributed by atoms with E-state index < -0.39 is 23.8 Å². The van der Waals surface area contributed by atoms with Gasteiger partial charge in [-0.15, -0.1) is 0 Å². The summed E-state index contributed by atoms with van der Waals surface area (Å²) in [5.41, 5.74) is 3.09. The van der Waals surface area contributed by atoms with Crippen molar-refractivity contribution in [2.75, 3.05) is 29.2 Å². The van der Waals surface area contributed by atoms with Crippen molar-refractivity contribution in [1.29, 1.82) is 0 Å². The molecule has 7 heteroatoms. The van der Waals surface area contributed by atoms with E-state index in [1.54, 1.807) is 25.1 Å². The van der Waals surface area contributed by atoms with E-state index in [2.05, 4.69) is 17.2 Å². The molecule has 0 unspecified atom stereocenters. The zero-order valence-corrected chi connectivity index (χ0v) is 16.0. The molecule has 1 aliphatic heterocycles. The normalized spacial score (nSPS) is 16.6. The Labute approximate surface area is 163 Å². The Morgan fingerprint density at radius 2 is 1.71 bits per heavy atom. The number of anilines is 3. The number of hydrogen-bond donors (Lipinski definition) is 2. The zero-order chi connectivity index (χ0) is 20.4. The van der Waals surface area contributed by atoms with E-state index in [4.69, 9.17) is 0 Å². The van der Waals surface area contributed by atoms with Crippen molar-refractivity contribution in [2.24, 2.45) is 5.92 Å². The molecule has 4 amide bonds. The van der Waals surface area contributed by atoms with Gasteiger partial charge in [-0.3, -0.25) is 14.9 Å². The number of para-hydroxylation sites is 1. The van der Waals surface area contributed by atoms with Gasteiger partial charge in [-0.2, -0.15) is 0 Å². The molecule has 28 heavy (non-hydrogen) atoms. The number of amides is 4. The van der Waals surface area contributed by atoms with Crippen LogP contribution in [0.2, 0.25) is 0 Å². The number of imide groups is 2. The Morgan fingerprint density at radius 1 is 1.07 bits per heavy atom. The van der Waals surface area contributed by atoms with Crippen molar-refractivity contribution in [3.63, 3.8) is 0 Å². The minimum Gasteiger partial charge on any atom is -0.378 e. The maximum atomic E-state index is 13.0. The summed E-state index contributed by atoms with van der Waals surface area (Å²) < 4.78 is 0. The number of nitrogens with one attached hydrogen (secondary N) is 2. The molecule has 7 nitrogen and oxygen atoms in total. The molecular weight excluding hydrogens is 356 g/mol. The van der Waals surface area contributed by atoms with Crippen LogP contribution in [-0.2, 0) is 9.59 Å². The number of hydrogen-bond acceptors (Lipinski definition) is 5. The summed E-state index contributed by atoms with van der Waals surface area (Å²) in [6, 6.07) is 13.7. The minimum absolute atomic E-state index is 0.200. The molecule has 0 aliphatic carbocycles. The molecule has 2 aromatic carbocycles. The van der Waals surface area contributed by atoms with Crippen LogP contribution < -0.4 is 20.4 Å². The molecular formula is C21H22N4O3. The lowest BCUT2D eigenvalue weighted by atomic mass is 10.00. The molecule has 1 fully saturated rings. The summed E-state index contributed by atoms with van der Waals surface area (Å²) in [5, 5.41) is 5.25. The average molecular weight is 378 g/mol. The van der Waals surface area contributed by atoms with E-state index in [-0.39, 0.29) is 5.70 Å². The molecule has 2 aromatic rings. The maximum absolute atomic E-state index is 13.0. The van der Waals surface area contributed by atoms with Gasteiger partial charge in [0, 0.05) is 31.2 Å². The number of benzene rings is 2. The van der Waals surface area contributed by atoms with Crippen LogP contribution in [0.5, 0.6) is 0 Å². The fourth-order valence-electron chi connectivity index (χ4n) is 3.02. The van der Waals surface area contributed by atoms with Gasteiger partial charge in [-0.05, 0) is 42.8 Å². The van der Waals surface area contributed by atoms with Crippen LogP contribution in [-0.4, -0.2) is 31.9 Å². The molecule has 0 bridgehead atoms. The van der Waals surface area contributed by atoms with E-state index >= 15 is 0 Å². The van der Waals surface area contributed by atoms with Crippen LogP contribution in [0, 0.1) is 12.8 Å². The highest BCUT2D eigenvalue weighted by Gasteiger charge is 2.43. The molecule has 3 rings (SSSR count). The first-order chi connectivity index (χ1) is 13.3. The third kappa shape index (κ3) is 3.59. The summed E-state index contributed by atoms with van der Waals surface area (Å²) in [7, 11) is 3.87. The second-order valence-electron chi connectivity index (χ2n) is 6.78. The lowest BCUT2D eigenvalue weighted by Gasteiger charge is -2.32. The highest BCUT2D eigenvalue weighted by atomic mass is 16.2. The number of carbonyl (C=O) groups is 3. The largest absolute Gasteiger partial charge is 0.378 e. The Morgan fingerprint density at radius 3 is 2.32 bits per heavy atom. The van der Waals surface area contributed by atoms with Crippen LogP contribution >= 0.6 is 0 Å². The number of aryl methyl sites for hydroxylation is 1. The first kappa shape index (κ1) is 19.2. The topological polar surface area (TPSA) is 81.8 Å². The van der Waals surface area contributed by atoms with Crippen LogP contribution in [0.1, 0.15) is 5.56 Å². The van der Waals surface area contributed by atoms with Gasteiger partial charge in [0.25, 0.3) is 5.91 Å². The van der Waals surface area contributed by atoms with Crippen molar-refractivity contribution in [2.45, 2.75) is 6.92 Å². The first-order valence-electron chi connectivity index (χ1n) is 8.77. The van der Waals surface area contributed by atoms with Crippen molar-refractivity contribution >= 4 is 34.9 Å². The molecule has 0 saturated carbocycles. The number of nitrogens with zero attached hydrogens (tertiary/aromatic N) is 2. The van der Waals surface area contributed by atoms with Gasteiger partial charge in [-0.1, -0.05) is 24.8 Å². The third-order valence-corrected chi connectivity index (χ3v) is 4.56. The predicted molar refractivity (Wildman–Crippen MR) is 109 cm³/mol. The molecule has 0 spiro atoms. The monoisotopic (exact) mass is 378 g/mol. The molecule has 0 aromatic heterocycles. The lowest BCUT2D eigenvalue weighted by Crippen LogP contribution is -2.59. The van der Waals surface area contributed by atoms with E-state index in [1.165, 1.54) is 0 Å². The van der Waals surface area contributed by atoms with Gasteiger partial charge in [0.15, 0.2) is 5.92 Å². The maximum Gasteiger partial charge on any atom is 0.335 e. The Hall–Kier alpha value is -3.61. The van der Waals surface area contributed by atoms with Gasteiger partial charge >= 0.3 is 6.03 Å². The van der Waals surface area contributed by atoms with Crippen LogP contribution in [0.3, 0.4) is 0 Å². The van der Waals surface area contributed by atoms with Gasteiger partial charge < -0.3 is 10.2 Å². The molecule has 1 heterocycles. The summed E-state index contributed by atoms with van der Waals surface area (Å²) in [6.07, 6.45) is 0. The molecule has 144 valence electrons. The molecule has 1 saturated heterocycles. The van der Waals surface area contributed by atoms with E-state index in [9.17, 15) is 14.4 Å². The lowest BCUT2D eigenvalue weighted by molar-refractivity contribution is -0.132. The molecule has 1 aliphatic rings. The smallest absolute Gasteiger partial charge is 0.335 e. The Balaban J connectivity index is 1.84. The van der Waals surface area contributed by atoms with Crippen molar-refractivity contribution < 1.29 is 14.4 Å². The second-order valence-corrected chi connectivity index (χ2v) is 6.78. The summed E-state index contributed by atoms with van der Waals surface area (Å²) in [5.74, 6) is -2.54. The highest BCUT2D eigenvalue weighted by Crippen LogP contribution is 2.27. The summed E-state index contributed by atoms with van der Waals surface area (Å²) in [4.78, 5) is 40.6. The van der Waals surface area contributed by atoms with Crippen LogP contribution in [0.15, 0.2) is 60.8 Å².